The van der Waals surface area contributed by atoms with Crippen LogP contribution in [-0.4, -0.2) is 25.0 Å². The summed E-state index contributed by atoms with van der Waals surface area (Å²) in [5, 5.41) is 5.96. The van der Waals surface area contributed by atoms with Gasteiger partial charge in [0.15, 0.2) is 0 Å². The van der Waals surface area contributed by atoms with Crippen LogP contribution < -0.4 is 10.6 Å². The molecule has 0 heterocycles. The van der Waals surface area contributed by atoms with Gasteiger partial charge in [-0.15, -0.1) is 6.42 Å². The standard InChI is InChI=1S/C12H20N2O/c1-3-5-11(4-2)14-12(15)9-13-8-10-6-7-10/h2,10-11,13H,3,5-9H2,1H3,(H,14,15). The van der Waals surface area contributed by atoms with Gasteiger partial charge in [0.2, 0.25) is 5.91 Å². The maximum Gasteiger partial charge on any atom is 0.234 e. The number of carbonyl (C=O) groups is 1. The molecule has 1 amide bonds. The normalized spacial score (nSPS) is 16.8. The molecule has 3 nitrogen and oxygen atoms in total. The van der Waals surface area contributed by atoms with Gasteiger partial charge in [0.25, 0.3) is 0 Å². The molecule has 0 saturated heterocycles. The highest BCUT2D eigenvalue weighted by Gasteiger charge is 2.20. The Bertz CT molecular complexity index is 240. The monoisotopic (exact) mass is 208 g/mol. The minimum absolute atomic E-state index is 0.00653. The highest BCUT2D eigenvalue weighted by Crippen LogP contribution is 2.27. The van der Waals surface area contributed by atoms with Gasteiger partial charge < -0.3 is 10.6 Å². The zero-order valence-corrected chi connectivity index (χ0v) is 9.38. The fourth-order valence-electron chi connectivity index (χ4n) is 1.44. The third-order valence-electron chi connectivity index (χ3n) is 2.53. The van der Waals surface area contributed by atoms with Crippen LogP contribution >= 0.6 is 0 Å². The predicted molar refractivity (Wildman–Crippen MR) is 61.3 cm³/mol. The average Bonchev–Trinajstić information content (AvgIpc) is 3.01. The largest absolute Gasteiger partial charge is 0.341 e. The number of hydrogen-bond donors (Lipinski definition) is 2. The van der Waals surface area contributed by atoms with E-state index in [0.717, 1.165) is 25.3 Å². The van der Waals surface area contributed by atoms with Gasteiger partial charge in [-0.25, -0.2) is 0 Å². The Morgan fingerprint density at radius 2 is 2.33 bits per heavy atom. The van der Waals surface area contributed by atoms with E-state index in [4.69, 9.17) is 6.42 Å². The zero-order chi connectivity index (χ0) is 11.1. The lowest BCUT2D eigenvalue weighted by Crippen LogP contribution is -2.40. The van der Waals surface area contributed by atoms with Crippen LogP contribution in [0.5, 0.6) is 0 Å². The van der Waals surface area contributed by atoms with Crippen LogP contribution in [0.15, 0.2) is 0 Å². The summed E-state index contributed by atoms with van der Waals surface area (Å²) in [4.78, 5) is 11.4. The molecule has 0 bridgehead atoms. The zero-order valence-electron chi connectivity index (χ0n) is 9.38. The molecular weight excluding hydrogens is 188 g/mol. The summed E-state index contributed by atoms with van der Waals surface area (Å²) >= 11 is 0. The predicted octanol–water partition coefficient (Wildman–Crippen LogP) is 0.904. The van der Waals surface area contributed by atoms with Gasteiger partial charge in [-0.3, -0.25) is 4.79 Å². The Balaban J connectivity index is 2.07. The van der Waals surface area contributed by atoms with Crippen LogP contribution in [0.4, 0.5) is 0 Å². The van der Waals surface area contributed by atoms with E-state index in [2.05, 4.69) is 23.5 Å². The van der Waals surface area contributed by atoms with E-state index in [-0.39, 0.29) is 11.9 Å². The van der Waals surface area contributed by atoms with Crippen molar-refractivity contribution in [1.82, 2.24) is 10.6 Å². The number of terminal acetylenes is 1. The summed E-state index contributed by atoms with van der Waals surface area (Å²) in [5.41, 5.74) is 0. The quantitative estimate of drug-likeness (QED) is 0.610. The van der Waals surface area contributed by atoms with Crippen LogP contribution in [0.25, 0.3) is 0 Å². The third kappa shape index (κ3) is 5.44. The van der Waals surface area contributed by atoms with E-state index in [1.165, 1.54) is 12.8 Å². The number of rotatable bonds is 7. The van der Waals surface area contributed by atoms with Gasteiger partial charge in [-0.2, -0.15) is 0 Å². The Kier molecular flexibility index (Phi) is 5.20. The van der Waals surface area contributed by atoms with Crippen molar-refractivity contribution in [2.75, 3.05) is 13.1 Å². The average molecular weight is 208 g/mol. The molecule has 1 saturated carbocycles. The number of amides is 1. The fraction of sp³-hybridized carbons (Fsp3) is 0.750. The highest BCUT2D eigenvalue weighted by atomic mass is 16.1. The van der Waals surface area contributed by atoms with Crippen LogP contribution in [0.3, 0.4) is 0 Å². The molecule has 2 N–H and O–H groups in total. The van der Waals surface area contributed by atoms with Crippen LogP contribution in [0, 0.1) is 18.3 Å². The van der Waals surface area contributed by atoms with E-state index < -0.39 is 0 Å². The highest BCUT2D eigenvalue weighted by molar-refractivity contribution is 5.78. The SMILES string of the molecule is C#CC(CCC)NC(=O)CNCC1CC1. The minimum Gasteiger partial charge on any atom is -0.341 e. The van der Waals surface area contributed by atoms with Crippen molar-refractivity contribution in [2.24, 2.45) is 5.92 Å². The van der Waals surface area contributed by atoms with E-state index in [1.54, 1.807) is 0 Å². The van der Waals surface area contributed by atoms with Gasteiger partial charge in [0, 0.05) is 0 Å². The van der Waals surface area contributed by atoms with Crippen molar-refractivity contribution in [1.29, 1.82) is 0 Å². The van der Waals surface area contributed by atoms with Crippen molar-refractivity contribution in [3.63, 3.8) is 0 Å². The maximum absolute atomic E-state index is 11.4. The molecule has 1 aliphatic rings. The number of hydrogen-bond acceptors (Lipinski definition) is 2. The topological polar surface area (TPSA) is 41.1 Å². The Morgan fingerprint density at radius 3 is 2.87 bits per heavy atom. The molecule has 0 spiro atoms. The maximum atomic E-state index is 11.4. The summed E-state index contributed by atoms with van der Waals surface area (Å²) in [6.07, 6.45) is 9.76. The van der Waals surface area contributed by atoms with Crippen molar-refractivity contribution in [3.8, 4) is 12.3 Å². The third-order valence-corrected chi connectivity index (χ3v) is 2.53. The first-order valence-electron chi connectivity index (χ1n) is 5.72. The molecule has 0 aromatic carbocycles. The molecule has 3 heteroatoms. The van der Waals surface area contributed by atoms with Gasteiger partial charge in [-0.05, 0) is 31.7 Å². The lowest BCUT2D eigenvalue weighted by atomic mass is 10.2. The van der Waals surface area contributed by atoms with Crippen molar-refractivity contribution >= 4 is 5.91 Å². The van der Waals surface area contributed by atoms with E-state index in [0.29, 0.717) is 6.54 Å². The molecule has 0 aromatic heterocycles. The summed E-state index contributed by atoms with van der Waals surface area (Å²) in [6.45, 7) is 3.40. The molecule has 1 unspecified atom stereocenters. The molecule has 1 fully saturated rings. The van der Waals surface area contributed by atoms with Crippen molar-refractivity contribution in [2.45, 2.75) is 38.6 Å². The van der Waals surface area contributed by atoms with E-state index in [9.17, 15) is 4.79 Å². The van der Waals surface area contributed by atoms with E-state index >= 15 is 0 Å². The Hall–Kier alpha value is -1.01. The first-order valence-corrected chi connectivity index (χ1v) is 5.72. The summed E-state index contributed by atoms with van der Waals surface area (Å²) < 4.78 is 0. The van der Waals surface area contributed by atoms with Crippen molar-refractivity contribution < 1.29 is 4.79 Å². The first kappa shape index (κ1) is 12.1. The molecular formula is C12H20N2O. The van der Waals surface area contributed by atoms with Crippen molar-refractivity contribution in [3.05, 3.63) is 0 Å². The number of nitrogens with one attached hydrogen (secondary N) is 2. The molecule has 1 atom stereocenters. The van der Waals surface area contributed by atoms with Gasteiger partial charge in [0.05, 0.1) is 12.6 Å². The summed E-state index contributed by atoms with van der Waals surface area (Å²) in [5.74, 6) is 3.39. The van der Waals surface area contributed by atoms with E-state index in [1.807, 2.05) is 0 Å². The molecule has 0 radical (unpaired) electrons. The second kappa shape index (κ2) is 6.47. The van der Waals surface area contributed by atoms with Crippen LogP contribution in [0.2, 0.25) is 0 Å². The lowest BCUT2D eigenvalue weighted by molar-refractivity contribution is -0.120. The second-order valence-electron chi connectivity index (χ2n) is 4.15. The molecule has 1 rings (SSSR count). The van der Waals surface area contributed by atoms with Gasteiger partial charge >= 0.3 is 0 Å². The first-order chi connectivity index (χ1) is 7.26. The summed E-state index contributed by atoms with van der Waals surface area (Å²) in [6, 6.07) is -0.106. The number of carbonyl (C=O) groups excluding carboxylic acids is 1. The van der Waals surface area contributed by atoms with Crippen LogP contribution in [0.1, 0.15) is 32.6 Å². The Labute approximate surface area is 92.0 Å². The van der Waals surface area contributed by atoms with Crippen LogP contribution in [-0.2, 0) is 4.79 Å². The Morgan fingerprint density at radius 1 is 1.60 bits per heavy atom. The fourth-order valence-corrected chi connectivity index (χ4v) is 1.44. The molecule has 0 aromatic rings. The molecule has 0 aliphatic heterocycles. The van der Waals surface area contributed by atoms with Gasteiger partial charge in [0.1, 0.15) is 0 Å². The minimum atomic E-state index is -0.106. The lowest BCUT2D eigenvalue weighted by Gasteiger charge is -2.12. The molecule has 1 aliphatic carbocycles. The second-order valence-corrected chi connectivity index (χ2v) is 4.15. The molecule has 84 valence electrons. The summed E-state index contributed by atoms with van der Waals surface area (Å²) in [7, 11) is 0. The van der Waals surface area contributed by atoms with Gasteiger partial charge in [-0.1, -0.05) is 19.3 Å². The smallest absolute Gasteiger partial charge is 0.234 e. The molecule has 15 heavy (non-hydrogen) atoms.